The lowest BCUT2D eigenvalue weighted by Gasteiger charge is -2.16. The maximum absolute atomic E-state index is 13.3. The molecule has 1 heterocycles. The molecule has 3 aromatic carbocycles. The van der Waals surface area contributed by atoms with Gasteiger partial charge in [0.05, 0.1) is 35.8 Å². The first-order valence-electron chi connectivity index (χ1n) is 10.2. The molecule has 0 aliphatic heterocycles. The van der Waals surface area contributed by atoms with Crippen molar-refractivity contribution < 1.29 is 17.9 Å². The molecule has 4 rings (SSSR count). The van der Waals surface area contributed by atoms with Gasteiger partial charge in [-0.25, -0.2) is 18.4 Å². The lowest BCUT2D eigenvalue weighted by atomic mass is 10.2. The number of benzene rings is 3. The summed E-state index contributed by atoms with van der Waals surface area (Å²) in [6.07, 6.45) is 0. The number of rotatable bonds is 7. The summed E-state index contributed by atoms with van der Waals surface area (Å²) in [6.45, 7) is 3.59. The average Bonchev–Trinajstić information content (AvgIpc) is 2.80. The van der Waals surface area contributed by atoms with Gasteiger partial charge in [0.2, 0.25) is 0 Å². The largest absolute Gasteiger partial charge is 0.497 e. The van der Waals surface area contributed by atoms with Gasteiger partial charge in [-0.2, -0.15) is 0 Å². The molecule has 8 nitrogen and oxygen atoms in total. The van der Waals surface area contributed by atoms with Crippen LogP contribution in [0.5, 0.6) is 11.5 Å². The lowest BCUT2D eigenvalue weighted by molar-refractivity contribution is 0.405. The van der Waals surface area contributed by atoms with Crippen LogP contribution in [-0.2, 0) is 10.0 Å². The van der Waals surface area contributed by atoms with Crippen molar-refractivity contribution in [3.63, 3.8) is 0 Å². The molecule has 0 spiro atoms. The molecule has 0 amide bonds. The highest BCUT2D eigenvalue weighted by Crippen LogP contribution is 2.34. The van der Waals surface area contributed by atoms with Crippen molar-refractivity contribution in [2.75, 3.05) is 24.3 Å². The van der Waals surface area contributed by atoms with E-state index in [1.54, 1.807) is 63.6 Å². The van der Waals surface area contributed by atoms with Crippen LogP contribution < -0.4 is 19.5 Å². The predicted octanol–water partition coefficient (Wildman–Crippen LogP) is 4.81. The molecule has 1 aromatic heterocycles. The van der Waals surface area contributed by atoms with Crippen LogP contribution in [0, 0.1) is 13.8 Å². The number of sulfonamides is 1. The van der Waals surface area contributed by atoms with Gasteiger partial charge in [-0.1, -0.05) is 24.3 Å². The van der Waals surface area contributed by atoms with Crippen LogP contribution in [-0.4, -0.2) is 32.6 Å². The van der Waals surface area contributed by atoms with E-state index in [0.29, 0.717) is 33.8 Å². The monoisotopic (exact) mass is 464 g/mol. The number of nitrogens with zero attached hydrogens (tertiary/aromatic N) is 2. The number of hydrogen-bond acceptors (Lipinski definition) is 7. The van der Waals surface area contributed by atoms with Crippen molar-refractivity contribution in [2.24, 2.45) is 0 Å². The Morgan fingerprint density at radius 1 is 0.818 bits per heavy atom. The highest BCUT2D eigenvalue weighted by atomic mass is 32.2. The number of ether oxygens (including phenoxy) is 2. The summed E-state index contributed by atoms with van der Waals surface area (Å²) < 4.78 is 39.9. The van der Waals surface area contributed by atoms with Gasteiger partial charge in [-0.05, 0) is 55.3 Å². The minimum Gasteiger partial charge on any atom is -0.497 e. The molecular weight excluding hydrogens is 440 g/mol. The fourth-order valence-electron chi connectivity index (χ4n) is 3.38. The third kappa shape index (κ3) is 4.68. The number of aromatic nitrogens is 2. The Balaban J connectivity index is 1.83. The van der Waals surface area contributed by atoms with Gasteiger partial charge in [0.1, 0.15) is 11.5 Å². The van der Waals surface area contributed by atoms with Gasteiger partial charge < -0.3 is 14.8 Å². The van der Waals surface area contributed by atoms with E-state index in [9.17, 15) is 8.42 Å². The van der Waals surface area contributed by atoms with Crippen molar-refractivity contribution in [3.8, 4) is 11.5 Å². The molecule has 33 heavy (non-hydrogen) atoms. The number of methoxy groups -OCH3 is 2. The molecule has 9 heteroatoms. The van der Waals surface area contributed by atoms with Gasteiger partial charge in [-0.3, -0.25) is 4.72 Å². The Bertz CT molecular complexity index is 1440. The topological polar surface area (TPSA) is 102 Å². The van der Waals surface area contributed by atoms with Crippen LogP contribution in [0.25, 0.3) is 11.0 Å². The minimum atomic E-state index is -3.93. The van der Waals surface area contributed by atoms with E-state index in [1.165, 1.54) is 0 Å². The zero-order chi connectivity index (χ0) is 23.6. The van der Waals surface area contributed by atoms with E-state index < -0.39 is 10.0 Å². The van der Waals surface area contributed by atoms with Crippen LogP contribution in [0.3, 0.4) is 0 Å². The summed E-state index contributed by atoms with van der Waals surface area (Å²) in [5.74, 6) is 1.44. The van der Waals surface area contributed by atoms with E-state index >= 15 is 0 Å². The molecule has 0 fully saturated rings. The van der Waals surface area contributed by atoms with Crippen LogP contribution in [0.1, 0.15) is 11.1 Å². The van der Waals surface area contributed by atoms with Crippen LogP contribution in [0.4, 0.5) is 17.3 Å². The standard InChI is InChI=1S/C24H24N4O4S/c1-15-9-10-16(2)22(13-15)33(29,30)28-24-23(25-18-7-5-6-8-19(18)26-24)27-20-14-17(31-3)11-12-21(20)32-4/h5-14H,1-4H3,(H,25,27)(H,26,28). The summed E-state index contributed by atoms with van der Waals surface area (Å²) in [5, 5.41) is 3.15. The molecule has 4 aromatic rings. The Morgan fingerprint density at radius 2 is 1.52 bits per heavy atom. The quantitative estimate of drug-likeness (QED) is 0.405. The number of hydrogen-bond donors (Lipinski definition) is 2. The van der Waals surface area contributed by atoms with Gasteiger partial charge >= 0.3 is 0 Å². The molecule has 0 unspecified atom stereocenters. The number of para-hydroxylation sites is 2. The zero-order valence-corrected chi connectivity index (χ0v) is 19.5. The van der Waals surface area contributed by atoms with Crippen LogP contribution in [0.2, 0.25) is 0 Å². The molecule has 2 N–H and O–H groups in total. The van der Waals surface area contributed by atoms with Crippen molar-refractivity contribution in [1.82, 2.24) is 9.97 Å². The van der Waals surface area contributed by atoms with E-state index in [4.69, 9.17) is 9.47 Å². The summed E-state index contributed by atoms with van der Waals surface area (Å²) in [7, 11) is -0.821. The van der Waals surface area contributed by atoms with E-state index in [2.05, 4.69) is 20.0 Å². The smallest absolute Gasteiger partial charge is 0.263 e. The Hall–Kier alpha value is -3.85. The third-order valence-electron chi connectivity index (χ3n) is 5.09. The highest BCUT2D eigenvalue weighted by molar-refractivity contribution is 7.92. The molecule has 0 aliphatic rings. The molecule has 0 aliphatic carbocycles. The summed E-state index contributed by atoms with van der Waals surface area (Å²) in [5.41, 5.74) is 3.18. The fourth-order valence-corrected chi connectivity index (χ4v) is 4.72. The Morgan fingerprint density at radius 3 is 2.18 bits per heavy atom. The number of fused-ring (bicyclic) bond motifs is 1. The maximum atomic E-state index is 13.3. The normalized spacial score (nSPS) is 11.3. The molecule has 0 saturated carbocycles. The SMILES string of the molecule is COc1ccc(OC)c(Nc2nc3ccccc3nc2NS(=O)(=O)c2cc(C)ccc2C)c1. The minimum absolute atomic E-state index is 0.0690. The average molecular weight is 465 g/mol. The van der Waals surface area contributed by atoms with Gasteiger partial charge in [0, 0.05) is 6.07 Å². The number of nitrogens with one attached hydrogen (secondary N) is 2. The molecule has 0 bridgehead atoms. The van der Waals surface area contributed by atoms with Crippen molar-refractivity contribution in [2.45, 2.75) is 18.7 Å². The second-order valence-electron chi connectivity index (χ2n) is 7.48. The Kier molecular flexibility index (Phi) is 6.06. The summed E-state index contributed by atoms with van der Waals surface area (Å²) >= 11 is 0. The van der Waals surface area contributed by atoms with E-state index in [0.717, 1.165) is 5.56 Å². The molecule has 170 valence electrons. The lowest BCUT2D eigenvalue weighted by Crippen LogP contribution is -2.17. The number of aryl methyl sites for hydroxylation is 2. The van der Waals surface area contributed by atoms with Crippen LogP contribution >= 0.6 is 0 Å². The van der Waals surface area contributed by atoms with E-state index in [1.807, 2.05) is 25.1 Å². The molecule has 0 atom stereocenters. The predicted molar refractivity (Wildman–Crippen MR) is 129 cm³/mol. The highest BCUT2D eigenvalue weighted by Gasteiger charge is 2.21. The number of anilines is 3. The molecule has 0 radical (unpaired) electrons. The molecule has 0 saturated heterocycles. The first-order chi connectivity index (χ1) is 15.8. The van der Waals surface area contributed by atoms with Gasteiger partial charge in [-0.15, -0.1) is 0 Å². The van der Waals surface area contributed by atoms with Gasteiger partial charge in [0.25, 0.3) is 10.0 Å². The van der Waals surface area contributed by atoms with Crippen molar-refractivity contribution in [1.29, 1.82) is 0 Å². The van der Waals surface area contributed by atoms with Crippen molar-refractivity contribution >= 4 is 38.4 Å². The second-order valence-corrected chi connectivity index (χ2v) is 9.13. The summed E-state index contributed by atoms with van der Waals surface area (Å²) in [4.78, 5) is 9.35. The zero-order valence-electron chi connectivity index (χ0n) is 18.7. The molecular formula is C24H24N4O4S. The van der Waals surface area contributed by atoms with Crippen LogP contribution in [0.15, 0.2) is 65.6 Å². The summed E-state index contributed by atoms with van der Waals surface area (Å²) in [6, 6.07) is 17.7. The van der Waals surface area contributed by atoms with Gasteiger partial charge in [0.15, 0.2) is 11.6 Å². The fraction of sp³-hybridized carbons (Fsp3) is 0.167. The van der Waals surface area contributed by atoms with Crippen molar-refractivity contribution in [3.05, 3.63) is 71.8 Å². The maximum Gasteiger partial charge on any atom is 0.263 e. The Labute approximate surface area is 192 Å². The third-order valence-corrected chi connectivity index (χ3v) is 6.58. The second kappa shape index (κ2) is 8.95. The first-order valence-corrected chi connectivity index (χ1v) is 11.6. The van der Waals surface area contributed by atoms with E-state index in [-0.39, 0.29) is 16.5 Å². The first kappa shape index (κ1) is 22.3.